The lowest BCUT2D eigenvalue weighted by atomic mass is 10.1. The second-order valence-electron chi connectivity index (χ2n) is 5.15. The number of methoxy groups -OCH3 is 1. The maximum Gasteiger partial charge on any atom is 0.205 e. The van der Waals surface area contributed by atoms with E-state index in [0.717, 1.165) is 27.4 Å². The van der Waals surface area contributed by atoms with E-state index in [0.29, 0.717) is 5.56 Å². The molecule has 0 amide bonds. The number of hydrogen-bond donors (Lipinski definition) is 0. The van der Waals surface area contributed by atoms with Crippen molar-refractivity contribution >= 4 is 17.6 Å². The lowest BCUT2D eigenvalue weighted by molar-refractivity contribution is 0.415. The van der Waals surface area contributed by atoms with Crippen LogP contribution in [0.2, 0.25) is 0 Å². The summed E-state index contributed by atoms with van der Waals surface area (Å²) in [6.45, 7) is 0. The summed E-state index contributed by atoms with van der Waals surface area (Å²) in [5.41, 5.74) is 3.53. The van der Waals surface area contributed by atoms with Crippen LogP contribution in [0, 0.1) is 11.3 Å². The molecule has 25 heavy (non-hydrogen) atoms. The minimum absolute atomic E-state index is 0.628. The summed E-state index contributed by atoms with van der Waals surface area (Å²) in [5.74, 6) is 0.812. The first-order chi connectivity index (χ1) is 12.2. The van der Waals surface area contributed by atoms with Crippen molar-refractivity contribution in [3.8, 4) is 23.1 Å². The lowest BCUT2D eigenvalue weighted by Crippen LogP contribution is -2.11. The Bertz CT molecular complexity index is 990. The van der Waals surface area contributed by atoms with Crippen LogP contribution in [0.15, 0.2) is 64.0 Å². The van der Waals surface area contributed by atoms with Gasteiger partial charge in [-0.25, -0.2) is 4.68 Å². The summed E-state index contributed by atoms with van der Waals surface area (Å²) in [6, 6.07) is 17.2. The molecule has 124 valence electrons. The largest absolute Gasteiger partial charge is 0.497 e. The highest BCUT2D eigenvalue weighted by atomic mass is 32.1. The van der Waals surface area contributed by atoms with Crippen molar-refractivity contribution in [2.45, 2.75) is 0 Å². The van der Waals surface area contributed by atoms with Crippen LogP contribution >= 0.6 is 11.3 Å². The molecule has 0 saturated carbocycles. The number of nitriles is 1. The topological polar surface area (TPSA) is 62.7 Å². The van der Waals surface area contributed by atoms with Crippen LogP contribution in [0.5, 0.6) is 5.75 Å². The fourth-order valence-electron chi connectivity index (χ4n) is 2.29. The van der Waals surface area contributed by atoms with Gasteiger partial charge in [0.1, 0.15) is 5.75 Å². The molecule has 0 spiro atoms. The molecule has 3 aromatic rings. The molecule has 0 radical (unpaired) electrons. The van der Waals surface area contributed by atoms with E-state index >= 15 is 0 Å². The Kier molecular flexibility index (Phi) is 5.07. The smallest absolute Gasteiger partial charge is 0.205 e. The van der Waals surface area contributed by atoms with Gasteiger partial charge in [-0.15, -0.1) is 11.3 Å². The van der Waals surface area contributed by atoms with E-state index in [1.807, 2.05) is 46.5 Å². The molecular weight excluding hydrogens is 332 g/mol. The molecule has 0 bridgehead atoms. The molecule has 5 nitrogen and oxygen atoms in total. The summed E-state index contributed by atoms with van der Waals surface area (Å²) >= 11 is 1.53. The van der Waals surface area contributed by atoms with Gasteiger partial charge in [0.05, 0.1) is 30.7 Å². The average Bonchev–Trinajstić information content (AvgIpc) is 3.09. The van der Waals surface area contributed by atoms with Gasteiger partial charge in [-0.3, -0.25) is 4.99 Å². The van der Waals surface area contributed by atoms with Crippen LogP contribution in [-0.4, -0.2) is 25.0 Å². The number of benzene rings is 2. The van der Waals surface area contributed by atoms with Crippen molar-refractivity contribution in [3.63, 3.8) is 0 Å². The molecule has 3 rings (SSSR count). The van der Waals surface area contributed by atoms with E-state index in [2.05, 4.69) is 16.2 Å². The summed E-state index contributed by atoms with van der Waals surface area (Å²) in [4.78, 5) is 5.09. The Labute approximate surface area is 149 Å². The third kappa shape index (κ3) is 3.67. The van der Waals surface area contributed by atoms with Gasteiger partial charge in [0, 0.05) is 18.0 Å². The molecule has 0 aliphatic rings. The molecule has 0 N–H and O–H groups in total. The molecule has 0 fully saturated rings. The molecule has 1 heterocycles. The van der Waals surface area contributed by atoms with Gasteiger partial charge in [0.2, 0.25) is 4.80 Å². The van der Waals surface area contributed by atoms with Crippen LogP contribution in [0.3, 0.4) is 0 Å². The fourth-order valence-corrected chi connectivity index (χ4v) is 3.09. The van der Waals surface area contributed by atoms with E-state index in [1.54, 1.807) is 32.5 Å². The molecule has 2 aromatic carbocycles. The summed E-state index contributed by atoms with van der Waals surface area (Å²) < 4.78 is 7.02. The lowest BCUT2D eigenvalue weighted by Gasteiger charge is -2.05. The van der Waals surface area contributed by atoms with E-state index in [9.17, 15) is 0 Å². The van der Waals surface area contributed by atoms with Gasteiger partial charge < -0.3 is 4.74 Å². The Morgan fingerprint density at radius 1 is 1.12 bits per heavy atom. The maximum absolute atomic E-state index is 8.87. The number of ether oxygens (including phenoxy) is 1. The van der Waals surface area contributed by atoms with Gasteiger partial charge in [-0.1, -0.05) is 12.1 Å². The van der Waals surface area contributed by atoms with Crippen molar-refractivity contribution in [3.05, 3.63) is 69.8 Å². The van der Waals surface area contributed by atoms with Gasteiger partial charge in [-0.05, 0) is 42.0 Å². The standard InChI is InChI=1S/C19H16N4OS/c1-21-19-23(22-12-15-5-3-14(11-20)4-6-15)18(13-25-19)16-7-9-17(24-2)10-8-16/h3-10,12-13H,1-2H3/b21-19?,22-12+. The number of aromatic nitrogens is 1. The third-order valence-electron chi connectivity index (χ3n) is 3.62. The van der Waals surface area contributed by atoms with Gasteiger partial charge >= 0.3 is 0 Å². The minimum atomic E-state index is 0.628. The van der Waals surface area contributed by atoms with Gasteiger partial charge in [-0.2, -0.15) is 10.4 Å². The molecule has 0 atom stereocenters. The summed E-state index contributed by atoms with van der Waals surface area (Å²) in [6.07, 6.45) is 1.76. The molecule has 0 aliphatic heterocycles. The van der Waals surface area contributed by atoms with Crippen molar-refractivity contribution in [1.29, 1.82) is 5.26 Å². The Hall–Kier alpha value is -3.17. The van der Waals surface area contributed by atoms with Crippen molar-refractivity contribution in [1.82, 2.24) is 4.68 Å². The number of thiazole rings is 1. The van der Waals surface area contributed by atoms with Crippen molar-refractivity contribution in [2.75, 3.05) is 14.2 Å². The normalized spacial score (nSPS) is 11.6. The second kappa shape index (κ2) is 7.60. The zero-order valence-corrected chi connectivity index (χ0v) is 14.7. The van der Waals surface area contributed by atoms with Crippen molar-refractivity contribution in [2.24, 2.45) is 10.1 Å². The van der Waals surface area contributed by atoms with Crippen LogP contribution in [0.4, 0.5) is 0 Å². The van der Waals surface area contributed by atoms with Crippen molar-refractivity contribution < 1.29 is 4.74 Å². The predicted octanol–water partition coefficient (Wildman–Crippen LogP) is 3.51. The number of nitrogens with zero attached hydrogens (tertiary/aromatic N) is 4. The van der Waals surface area contributed by atoms with E-state index in [1.165, 1.54) is 11.3 Å². The monoisotopic (exact) mass is 348 g/mol. The Morgan fingerprint density at radius 2 is 1.84 bits per heavy atom. The van der Waals surface area contributed by atoms with Crippen LogP contribution in [-0.2, 0) is 0 Å². The molecule has 1 aromatic heterocycles. The molecule has 6 heteroatoms. The van der Waals surface area contributed by atoms with Crippen LogP contribution < -0.4 is 9.54 Å². The summed E-state index contributed by atoms with van der Waals surface area (Å²) in [5, 5.41) is 15.5. The first-order valence-corrected chi connectivity index (χ1v) is 8.45. The van der Waals surface area contributed by atoms with Crippen LogP contribution in [0.1, 0.15) is 11.1 Å². The third-order valence-corrected chi connectivity index (χ3v) is 4.53. The average molecular weight is 348 g/mol. The Morgan fingerprint density at radius 3 is 2.44 bits per heavy atom. The predicted molar refractivity (Wildman–Crippen MR) is 99.9 cm³/mol. The number of hydrogen-bond acceptors (Lipinski definition) is 5. The van der Waals surface area contributed by atoms with E-state index in [-0.39, 0.29) is 0 Å². The van der Waals surface area contributed by atoms with E-state index < -0.39 is 0 Å². The van der Waals surface area contributed by atoms with Gasteiger partial charge in [0.25, 0.3) is 0 Å². The first-order valence-electron chi connectivity index (χ1n) is 7.57. The molecule has 0 aliphatic carbocycles. The zero-order valence-electron chi connectivity index (χ0n) is 13.9. The molecule has 0 unspecified atom stereocenters. The Balaban J connectivity index is 1.98. The highest BCUT2D eigenvalue weighted by molar-refractivity contribution is 7.07. The zero-order chi connectivity index (χ0) is 17.6. The SMILES string of the molecule is CN=c1scc(-c2ccc(OC)cc2)n1/N=C/c1ccc(C#N)cc1. The highest BCUT2D eigenvalue weighted by Gasteiger charge is 2.07. The first kappa shape index (κ1) is 16.7. The van der Waals surface area contributed by atoms with E-state index in [4.69, 9.17) is 10.00 Å². The summed E-state index contributed by atoms with van der Waals surface area (Å²) in [7, 11) is 3.40. The number of rotatable bonds is 4. The quantitative estimate of drug-likeness (QED) is 0.677. The second-order valence-corrected chi connectivity index (χ2v) is 5.98. The maximum atomic E-state index is 8.87. The van der Waals surface area contributed by atoms with Crippen LogP contribution in [0.25, 0.3) is 11.3 Å². The molecular formula is C19H16N4OS. The fraction of sp³-hybridized carbons (Fsp3) is 0.105. The molecule has 0 saturated heterocycles. The van der Waals surface area contributed by atoms with Gasteiger partial charge in [0.15, 0.2) is 0 Å². The minimum Gasteiger partial charge on any atom is -0.497 e. The highest BCUT2D eigenvalue weighted by Crippen LogP contribution is 2.23.